The van der Waals surface area contributed by atoms with E-state index in [9.17, 15) is 32.6 Å². The lowest BCUT2D eigenvalue weighted by Crippen LogP contribution is -2.28. The summed E-state index contributed by atoms with van der Waals surface area (Å²) in [7, 11) is 0. The molecule has 0 spiro atoms. The SMILES string of the molecule is CCc1cc2c(cc1OCc1cc(-c3cnc(OCC(C)(C)O)cc3C(F)(F)F)ccc1F)CC1C(C(=O)O)C21. The highest BCUT2D eigenvalue weighted by Crippen LogP contribution is 2.62. The van der Waals surface area contributed by atoms with Crippen LogP contribution < -0.4 is 9.47 Å². The standard InChI is InChI=1S/C30H29F4NO5/c1-4-15-8-19-17(9-20-26(19)27(20)28(36)37)10-24(15)39-13-18-7-16(5-6-23(18)31)21-12-35-25(40-14-29(2,3)38)11-22(21)30(32,33)34/h5-8,10-12,20,26-27,38H,4,9,13-14H2,1-3H3,(H,36,37). The lowest BCUT2D eigenvalue weighted by atomic mass is 9.97. The number of carboxylic acids is 1. The molecule has 2 aliphatic carbocycles. The molecule has 2 N–H and O–H groups in total. The maximum atomic E-state index is 14.8. The second kappa shape index (κ2) is 10.1. The number of aromatic nitrogens is 1. The summed E-state index contributed by atoms with van der Waals surface area (Å²) in [6, 6.07) is 8.26. The summed E-state index contributed by atoms with van der Waals surface area (Å²) in [5.74, 6) is -1.40. The highest BCUT2D eigenvalue weighted by molar-refractivity contribution is 5.78. The molecule has 2 aliphatic rings. The van der Waals surface area contributed by atoms with E-state index >= 15 is 0 Å². The number of fused-ring (bicyclic) bond motifs is 3. The molecule has 0 radical (unpaired) electrons. The summed E-state index contributed by atoms with van der Waals surface area (Å²) in [6.45, 7) is 4.38. The number of pyridine rings is 1. The van der Waals surface area contributed by atoms with Crippen molar-refractivity contribution in [3.05, 3.63) is 76.2 Å². The second-order valence-corrected chi connectivity index (χ2v) is 11.0. The van der Waals surface area contributed by atoms with Crippen molar-refractivity contribution in [3.63, 3.8) is 0 Å². The van der Waals surface area contributed by atoms with Crippen LogP contribution in [0.25, 0.3) is 11.1 Å². The first kappa shape index (κ1) is 27.9. The molecule has 0 saturated heterocycles. The summed E-state index contributed by atoms with van der Waals surface area (Å²) in [5, 5.41) is 19.2. The molecule has 3 atom stereocenters. The summed E-state index contributed by atoms with van der Waals surface area (Å²) >= 11 is 0. The van der Waals surface area contributed by atoms with Crippen molar-refractivity contribution in [1.82, 2.24) is 4.98 Å². The predicted octanol–water partition coefficient (Wildman–Crippen LogP) is 6.17. The molecule has 2 aromatic carbocycles. The Morgan fingerprint density at radius 1 is 1.10 bits per heavy atom. The van der Waals surface area contributed by atoms with Crippen LogP contribution >= 0.6 is 0 Å². The molecule has 3 unspecified atom stereocenters. The fraction of sp³-hybridized carbons (Fsp3) is 0.400. The molecular formula is C30H29F4NO5. The first-order valence-electron chi connectivity index (χ1n) is 13.0. The Morgan fingerprint density at radius 3 is 2.50 bits per heavy atom. The van der Waals surface area contributed by atoms with E-state index < -0.39 is 29.1 Å². The minimum Gasteiger partial charge on any atom is -0.489 e. The average Bonchev–Trinajstić information content (AvgIpc) is 3.49. The molecule has 1 heterocycles. The third-order valence-corrected chi connectivity index (χ3v) is 7.47. The van der Waals surface area contributed by atoms with Gasteiger partial charge in [0.15, 0.2) is 0 Å². The van der Waals surface area contributed by atoms with Crippen LogP contribution in [-0.2, 0) is 30.4 Å². The summed E-state index contributed by atoms with van der Waals surface area (Å²) < 4.78 is 67.9. The number of aryl methyl sites for hydroxylation is 1. The van der Waals surface area contributed by atoms with Crippen LogP contribution in [0.1, 0.15) is 54.5 Å². The lowest BCUT2D eigenvalue weighted by molar-refractivity contribution is -0.139. The van der Waals surface area contributed by atoms with Crippen LogP contribution in [0.15, 0.2) is 42.6 Å². The van der Waals surface area contributed by atoms with Crippen molar-refractivity contribution in [2.45, 2.75) is 57.9 Å². The Kier molecular flexibility index (Phi) is 7.02. The maximum absolute atomic E-state index is 14.8. The molecule has 40 heavy (non-hydrogen) atoms. The van der Waals surface area contributed by atoms with Gasteiger partial charge < -0.3 is 19.7 Å². The molecule has 0 amide bonds. The van der Waals surface area contributed by atoms with E-state index in [0.29, 0.717) is 18.6 Å². The molecule has 1 fully saturated rings. The van der Waals surface area contributed by atoms with Crippen molar-refractivity contribution >= 4 is 5.97 Å². The molecule has 3 aromatic rings. The van der Waals surface area contributed by atoms with E-state index in [-0.39, 0.29) is 53.5 Å². The van der Waals surface area contributed by atoms with Gasteiger partial charge in [-0.15, -0.1) is 0 Å². The maximum Gasteiger partial charge on any atom is 0.417 e. The van der Waals surface area contributed by atoms with E-state index in [0.717, 1.165) is 35.0 Å². The van der Waals surface area contributed by atoms with Crippen molar-refractivity contribution in [3.8, 4) is 22.8 Å². The topological polar surface area (TPSA) is 88.9 Å². The fourth-order valence-electron chi connectivity index (χ4n) is 5.46. The van der Waals surface area contributed by atoms with E-state index in [1.807, 2.05) is 19.1 Å². The van der Waals surface area contributed by atoms with Gasteiger partial charge in [0.25, 0.3) is 0 Å². The van der Waals surface area contributed by atoms with Gasteiger partial charge in [0.05, 0.1) is 17.1 Å². The Bertz CT molecular complexity index is 1460. The summed E-state index contributed by atoms with van der Waals surface area (Å²) in [5.41, 5.74) is 0.571. The number of alkyl halides is 3. The minimum absolute atomic E-state index is 0.0179. The van der Waals surface area contributed by atoms with Crippen LogP contribution in [0, 0.1) is 17.7 Å². The van der Waals surface area contributed by atoms with Crippen LogP contribution in [0.2, 0.25) is 0 Å². The Hall–Kier alpha value is -3.66. The normalized spacial score (nSPS) is 19.6. The third-order valence-electron chi connectivity index (χ3n) is 7.47. The molecule has 10 heteroatoms. The van der Waals surface area contributed by atoms with Crippen molar-refractivity contribution in [1.29, 1.82) is 0 Å². The number of halogens is 4. The van der Waals surface area contributed by atoms with E-state index in [1.54, 1.807) is 0 Å². The molecule has 1 saturated carbocycles. The number of ether oxygens (including phenoxy) is 2. The van der Waals surface area contributed by atoms with E-state index in [2.05, 4.69) is 4.98 Å². The van der Waals surface area contributed by atoms with Crippen LogP contribution in [0.3, 0.4) is 0 Å². The zero-order valence-corrected chi connectivity index (χ0v) is 22.2. The van der Waals surface area contributed by atoms with Gasteiger partial charge in [0, 0.05) is 29.3 Å². The van der Waals surface area contributed by atoms with Gasteiger partial charge in [0.1, 0.15) is 24.8 Å². The predicted molar refractivity (Wildman–Crippen MR) is 138 cm³/mol. The first-order valence-corrected chi connectivity index (χ1v) is 13.0. The Morgan fingerprint density at radius 2 is 1.85 bits per heavy atom. The quantitative estimate of drug-likeness (QED) is 0.305. The number of hydrogen-bond donors (Lipinski definition) is 2. The number of hydrogen-bond acceptors (Lipinski definition) is 5. The van der Waals surface area contributed by atoms with E-state index in [4.69, 9.17) is 9.47 Å². The molecule has 6 nitrogen and oxygen atoms in total. The summed E-state index contributed by atoms with van der Waals surface area (Å²) in [4.78, 5) is 15.4. The zero-order valence-electron chi connectivity index (χ0n) is 22.2. The first-order chi connectivity index (χ1) is 18.8. The largest absolute Gasteiger partial charge is 0.489 e. The number of aliphatic carboxylic acids is 1. The number of benzene rings is 2. The summed E-state index contributed by atoms with van der Waals surface area (Å²) in [6.07, 6.45) is -2.46. The van der Waals surface area contributed by atoms with Crippen LogP contribution in [0.5, 0.6) is 11.6 Å². The van der Waals surface area contributed by atoms with Gasteiger partial charge in [-0.3, -0.25) is 4.79 Å². The van der Waals surface area contributed by atoms with Crippen molar-refractivity contribution < 1.29 is 42.0 Å². The van der Waals surface area contributed by atoms with Gasteiger partial charge in [-0.25, -0.2) is 9.37 Å². The lowest BCUT2D eigenvalue weighted by Gasteiger charge is -2.19. The molecule has 0 aliphatic heterocycles. The Labute approximate surface area is 228 Å². The van der Waals surface area contributed by atoms with Crippen LogP contribution in [-0.4, -0.2) is 33.4 Å². The molecule has 1 aromatic heterocycles. The van der Waals surface area contributed by atoms with Crippen LogP contribution in [0.4, 0.5) is 17.6 Å². The fourth-order valence-corrected chi connectivity index (χ4v) is 5.46. The number of nitrogens with zero attached hydrogens (tertiary/aromatic N) is 1. The minimum atomic E-state index is -4.74. The zero-order chi connectivity index (χ0) is 29.0. The van der Waals surface area contributed by atoms with E-state index in [1.165, 1.54) is 26.0 Å². The highest BCUT2D eigenvalue weighted by Gasteiger charge is 2.59. The smallest absolute Gasteiger partial charge is 0.417 e. The molecule has 5 rings (SSSR count). The number of aliphatic hydroxyl groups is 1. The number of rotatable bonds is 9. The van der Waals surface area contributed by atoms with Gasteiger partial charge in [-0.05, 0) is 73.1 Å². The van der Waals surface area contributed by atoms with Crippen molar-refractivity contribution in [2.75, 3.05) is 6.61 Å². The number of carbonyl (C=O) groups is 1. The van der Waals surface area contributed by atoms with Gasteiger partial charge in [-0.1, -0.05) is 19.1 Å². The molecule has 212 valence electrons. The third kappa shape index (κ3) is 5.50. The van der Waals surface area contributed by atoms with Gasteiger partial charge in [-0.2, -0.15) is 13.2 Å². The second-order valence-electron chi connectivity index (χ2n) is 11.0. The van der Waals surface area contributed by atoms with Gasteiger partial charge in [0.2, 0.25) is 5.88 Å². The van der Waals surface area contributed by atoms with Gasteiger partial charge >= 0.3 is 12.1 Å². The average molecular weight is 560 g/mol. The highest BCUT2D eigenvalue weighted by atomic mass is 19.4. The Balaban J connectivity index is 1.39. The molecular weight excluding hydrogens is 530 g/mol. The molecule has 0 bridgehead atoms. The monoisotopic (exact) mass is 559 g/mol. The number of carboxylic acid groups (broad SMARTS) is 1. The van der Waals surface area contributed by atoms with Crippen molar-refractivity contribution in [2.24, 2.45) is 11.8 Å².